The Hall–Kier alpha value is -1.68. The van der Waals surface area contributed by atoms with Gasteiger partial charge in [-0.25, -0.2) is 0 Å². The number of carbonyl (C=O) groups is 2. The first-order valence-corrected chi connectivity index (χ1v) is 7.30. The van der Waals surface area contributed by atoms with Crippen LogP contribution in [0.15, 0.2) is 24.3 Å². The molecule has 1 aromatic carbocycles. The molecule has 0 saturated heterocycles. The van der Waals surface area contributed by atoms with Gasteiger partial charge in [-0.3, -0.25) is 9.59 Å². The number of Topliss-reactive ketones (excluding diaryl/α,β-unsaturated/α-hetero) is 1. The smallest absolute Gasteiger partial charge is 0.261 e. The molecule has 106 valence electrons. The number of hydrogen-bond acceptors (Lipinski definition) is 3. The van der Waals surface area contributed by atoms with Gasteiger partial charge >= 0.3 is 0 Å². The Bertz CT molecular complexity index is 554. The normalized spacial score (nSPS) is 30.4. The maximum Gasteiger partial charge on any atom is 0.261 e. The van der Waals surface area contributed by atoms with Gasteiger partial charge in [0, 0.05) is 17.7 Å². The van der Waals surface area contributed by atoms with E-state index in [1.54, 1.807) is 18.2 Å². The molecular weight excluding hydrogens is 254 g/mol. The molecule has 1 aliphatic carbocycles. The quantitative estimate of drug-likeness (QED) is 0.825. The van der Waals surface area contributed by atoms with Gasteiger partial charge in [-0.15, -0.1) is 0 Å². The second-order valence-electron chi connectivity index (χ2n) is 5.74. The molecule has 20 heavy (non-hydrogen) atoms. The molecule has 0 spiro atoms. The summed E-state index contributed by atoms with van der Waals surface area (Å²) in [5.41, 5.74) is -0.524. The van der Waals surface area contributed by atoms with Crippen LogP contribution in [0.5, 0.6) is 0 Å². The van der Waals surface area contributed by atoms with Crippen LogP contribution in [0.4, 0.5) is 5.69 Å². The molecule has 1 heterocycles. The summed E-state index contributed by atoms with van der Waals surface area (Å²) in [6, 6.07) is 7.10. The fourth-order valence-corrected chi connectivity index (χ4v) is 3.39. The number of aliphatic hydroxyl groups is 1. The highest BCUT2D eigenvalue weighted by Gasteiger charge is 2.53. The number of fused-ring (bicyclic) bond motifs is 1. The lowest BCUT2D eigenvalue weighted by Crippen LogP contribution is -2.45. The van der Waals surface area contributed by atoms with Gasteiger partial charge in [-0.2, -0.15) is 0 Å². The number of anilines is 1. The van der Waals surface area contributed by atoms with E-state index in [2.05, 4.69) is 5.32 Å². The van der Waals surface area contributed by atoms with Crippen molar-refractivity contribution in [2.45, 2.75) is 44.1 Å². The molecule has 0 aromatic heterocycles. The monoisotopic (exact) mass is 273 g/mol. The van der Waals surface area contributed by atoms with E-state index in [1.807, 2.05) is 6.07 Å². The number of para-hydroxylation sites is 1. The lowest BCUT2D eigenvalue weighted by molar-refractivity contribution is -0.149. The number of hydrogen-bond donors (Lipinski definition) is 2. The molecule has 4 nitrogen and oxygen atoms in total. The summed E-state index contributed by atoms with van der Waals surface area (Å²) in [5, 5.41) is 13.7. The summed E-state index contributed by atoms with van der Waals surface area (Å²) in [4.78, 5) is 24.7. The highest BCUT2D eigenvalue weighted by atomic mass is 16.3. The SMILES string of the molecule is O=C1CCCCCCC1C1(O)C(=O)Nc2ccccc21. The number of carbonyl (C=O) groups excluding carboxylic acids is 2. The van der Waals surface area contributed by atoms with Crippen molar-refractivity contribution < 1.29 is 14.7 Å². The second kappa shape index (κ2) is 5.02. The van der Waals surface area contributed by atoms with Crippen molar-refractivity contribution in [3.63, 3.8) is 0 Å². The van der Waals surface area contributed by atoms with Gasteiger partial charge in [0.05, 0.1) is 5.92 Å². The van der Waals surface area contributed by atoms with Crippen LogP contribution in [-0.4, -0.2) is 16.8 Å². The number of nitrogens with one attached hydrogen (secondary N) is 1. The Morgan fingerprint density at radius 3 is 2.70 bits per heavy atom. The van der Waals surface area contributed by atoms with Crippen LogP contribution in [0.25, 0.3) is 0 Å². The molecule has 1 amide bonds. The molecule has 0 bridgehead atoms. The Balaban J connectivity index is 2.01. The van der Waals surface area contributed by atoms with E-state index >= 15 is 0 Å². The maximum absolute atomic E-state index is 12.4. The summed E-state index contributed by atoms with van der Waals surface area (Å²) in [6.07, 6.45) is 4.89. The van der Waals surface area contributed by atoms with Crippen LogP contribution in [-0.2, 0) is 15.2 Å². The topological polar surface area (TPSA) is 66.4 Å². The third-order valence-corrected chi connectivity index (χ3v) is 4.49. The van der Waals surface area contributed by atoms with Crippen LogP contribution < -0.4 is 5.32 Å². The number of ketones is 1. The first kappa shape index (κ1) is 13.3. The summed E-state index contributed by atoms with van der Waals surface area (Å²) in [7, 11) is 0. The van der Waals surface area contributed by atoms with E-state index in [4.69, 9.17) is 0 Å². The maximum atomic E-state index is 12.4. The van der Waals surface area contributed by atoms with E-state index < -0.39 is 17.4 Å². The zero-order valence-electron chi connectivity index (χ0n) is 11.4. The van der Waals surface area contributed by atoms with Crippen LogP contribution in [0.3, 0.4) is 0 Å². The third-order valence-electron chi connectivity index (χ3n) is 4.49. The molecule has 0 radical (unpaired) electrons. The van der Waals surface area contributed by atoms with Crippen molar-refractivity contribution in [3.8, 4) is 0 Å². The van der Waals surface area contributed by atoms with Crippen molar-refractivity contribution in [2.75, 3.05) is 5.32 Å². The Kier molecular flexibility index (Phi) is 3.34. The lowest BCUT2D eigenvalue weighted by Gasteiger charge is -2.31. The second-order valence-corrected chi connectivity index (χ2v) is 5.74. The van der Waals surface area contributed by atoms with E-state index in [-0.39, 0.29) is 5.78 Å². The van der Waals surface area contributed by atoms with Crippen molar-refractivity contribution in [3.05, 3.63) is 29.8 Å². The van der Waals surface area contributed by atoms with Crippen LogP contribution >= 0.6 is 0 Å². The summed E-state index contributed by atoms with van der Waals surface area (Å²) < 4.78 is 0. The lowest BCUT2D eigenvalue weighted by atomic mass is 9.74. The van der Waals surface area contributed by atoms with E-state index in [1.165, 1.54) is 0 Å². The molecule has 1 aliphatic heterocycles. The van der Waals surface area contributed by atoms with Gasteiger partial charge in [-0.05, 0) is 18.9 Å². The Labute approximate surface area is 118 Å². The average Bonchev–Trinajstić information content (AvgIpc) is 2.67. The molecule has 1 fully saturated rings. The van der Waals surface area contributed by atoms with E-state index in [0.29, 0.717) is 24.1 Å². The molecule has 2 atom stereocenters. The predicted octanol–water partition coefficient (Wildman–Crippen LogP) is 2.37. The molecule has 4 heteroatoms. The highest BCUT2D eigenvalue weighted by molar-refractivity contribution is 6.07. The molecule has 2 unspecified atom stereocenters. The van der Waals surface area contributed by atoms with Crippen molar-refractivity contribution >= 4 is 17.4 Å². The first-order valence-electron chi connectivity index (χ1n) is 7.30. The van der Waals surface area contributed by atoms with E-state index in [9.17, 15) is 14.7 Å². The van der Waals surface area contributed by atoms with Crippen LogP contribution in [0.1, 0.15) is 44.1 Å². The molecule has 1 saturated carbocycles. The molecular formula is C16H19NO3. The Morgan fingerprint density at radius 1 is 1.10 bits per heavy atom. The first-order chi connectivity index (χ1) is 9.64. The minimum absolute atomic E-state index is 0.0130. The van der Waals surface area contributed by atoms with Crippen LogP contribution in [0.2, 0.25) is 0 Å². The van der Waals surface area contributed by atoms with Crippen molar-refractivity contribution in [1.82, 2.24) is 0 Å². The van der Waals surface area contributed by atoms with Gasteiger partial charge in [0.15, 0.2) is 5.60 Å². The summed E-state index contributed by atoms with van der Waals surface area (Å²) in [5.74, 6) is -1.07. The highest BCUT2D eigenvalue weighted by Crippen LogP contribution is 2.44. The van der Waals surface area contributed by atoms with Crippen molar-refractivity contribution in [1.29, 1.82) is 0 Å². The minimum atomic E-state index is -1.69. The van der Waals surface area contributed by atoms with Gasteiger partial charge in [0.25, 0.3) is 5.91 Å². The molecule has 2 aliphatic rings. The predicted molar refractivity (Wildman–Crippen MR) is 75.2 cm³/mol. The van der Waals surface area contributed by atoms with E-state index in [0.717, 1.165) is 25.7 Å². The molecule has 3 rings (SSSR count). The number of amides is 1. The standard InChI is InChI=1S/C16H19NO3/c18-14-10-4-2-1-3-8-12(14)16(20)11-7-5-6-9-13(11)17-15(16)19/h5-7,9,12,20H,1-4,8,10H2,(H,17,19). The van der Waals surface area contributed by atoms with Crippen LogP contribution in [0, 0.1) is 5.92 Å². The average molecular weight is 273 g/mol. The summed E-state index contributed by atoms with van der Waals surface area (Å²) in [6.45, 7) is 0. The fourth-order valence-electron chi connectivity index (χ4n) is 3.39. The largest absolute Gasteiger partial charge is 0.375 e. The molecule has 2 N–H and O–H groups in total. The zero-order valence-corrected chi connectivity index (χ0v) is 11.4. The zero-order chi connectivity index (χ0) is 14.2. The number of benzene rings is 1. The number of rotatable bonds is 1. The van der Waals surface area contributed by atoms with Gasteiger partial charge in [-0.1, -0.05) is 37.5 Å². The Morgan fingerprint density at radius 2 is 1.85 bits per heavy atom. The van der Waals surface area contributed by atoms with Gasteiger partial charge in [0.1, 0.15) is 5.78 Å². The molecule has 1 aromatic rings. The van der Waals surface area contributed by atoms with Gasteiger partial charge < -0.3 is 10.4 Å². The summed E-state index contributed by atoms with van der Waals surface area (Å²) >= 11 is 0. The third kappa shape index (κ3) is 1.95. The fraction of sp³-hybridized carbons (Fsp3) is 0.500. The van der Waals surface area contributed by atoms with Gasteiger partial charge in [0.2, 0.25) is 0 Å². The van der Waals surface area contributed by atoms with Crippen molar-refractivity contribution in [2.24, 2.45) is 5.92 Å². The minimum Gasteiger partial charge on any atom is -0.375 e.